The zero-order valence-electron chi connectivity index (χ0n) is 14.8. The summed E-state index contributed by atoms with van der Waals surface area (Å²) in [6.45, 7) is 1.99. The standard InChI is InChI=1S/C19H26N2O4/c1-21(13-16-4-2-10-25-16)19(23)5-3-11-24-15-7-8-17-14(12-15)6-9-18(22)20-17/h7-8,12,16H,2-6,9-11,13H2,1H3,(H,20,22). The van der Waals surface area contributed by atoms with Crippen LogP contribution in [0.2, 0.25) is 0 Å². The summed E-state index contributed by atoms with van der Waals surface area (Å²) in [6.07, 6.45) is 4.74. The van der Waals surface area contributed by atoms with E-state index in [9.17, 15) is 9.59 Å². The van der Waals surface area contributed by atoms with Crippen LogP contribution in [0.4, 0.5) is 5.69 Å². The lowest BCUT2D eigenvalue weighted by molar-refractivity contribution is -0.131. The minimum Gasteiger partial charge on any atom is -0.494 e. The second-order valence-corrected chi connectivity index (χ2v) is 6.73. The Morgan fingerprint density at radius 3 is 3.08 bits per heavy atom. The zero-order chi connectivity index (χ0) is 17.6. The van der Waals surface area contributed by atoms with Crippen molar-refractivity contribution in [3.63, 3.8) is 0 Å². The highest BCUT2D eigenvalue weighted by Crippen LogP contribution is 2.26. The Bertz CT molecular complexity index is 626. The number of hydrogen-bond acceptors (Lipinski definition) is 4. The SMILES string of the molecule is CN(CC1CCCO1)C(=O)CCCOc1ccc2c(c1)CCC(=O)N2. The van der Waals surface area contributed by atoms with Gasteiger partial charge in [-0.2, -0.15) is 0 Å². The Labute approximate surface area is 148 Å². The van der Waals surface area contributed by atoms with Crippen molar-refractivity contribution in [2.45, 2.75) is 44.6 Å². The van der Waals surface area contributed by atoms with Gasteiger partial charge < -0.3 is 19.7 Å². The van der Waals surface area contributed by atoms with Crippen molar-refractivity contribution in [2.24, 2.45) is 0 Å². The van der Waals surface area contributed by atoms with E-state index in [0.29, 0.717) is 32.4 Å². The normalized spacial score (nSPS) is 19.2. The van der Waals surface area contributed by atoms with Gasteiger partial charge in [0.25, 0.3) is 0 Å². The highest BCUT2D eigenvalue weighted by Gasteiger charge is 2.20. The van der Waals surface area contributed by atoms with Gasteiger partial charge in [0, 0.05) is 38.7 Å². The van der Waals surface area contributed by atoms with Gasteiger partial charge in [0.15, 0.2) is 0 Å². The molecule has 6 heteroatoms. The smallest absolute Gasteiger partial charge is 0.224 e. The quantitative estimate of drug-likeness (QED) is 0.770. The molecule has 25 heavy (non-hydrogen) atoms. The number of aryl methyl sites for hydroxylation is 1. The maximum absolute atomic E-state index is 12.1. The third-order valence-electron chi connectivity index (χ3n) is 4.70. The maximum atomic E-state index is 12.1. The molecular formula is C19H26N2O4. The molecule has 0 aromatic heterocycles. The lowest BCUT2D eigenvalue weighted by Gasteiger charge is -2.21. The van der Waals surface area contributed by atoms with Gasteiger partial charge in [0.2, 0.25) is 11.8 Å². The number of nitrogens with one attached hydrogen (secondary N) is 1. The van der Waals surface area contributed by atoms with Gasteiger partial charge in [-0.05, 0) is 49.4 Å². The van der Waals surface area contributed by atoms with Crippen LogP contribution in [-0.2, 0) is 20.7 Å². The summed E-state index contributed by atoms with van der Waals surface area (Å²) in [5.41, 5.74) is 1.97. The first-order valence-electron chi connectivity index (χ1n) is 9.03. The molecule has 1 atom stereocenters. The van der Waals surface area contributed by atoms with Crippen LogP contribution in [0.25, 0.3) is 0 Å². The Balaban J connectivity index is 1.38. The predicted molar refractivity (Wildman–Crippen MR) is 94.7 cm³/mol. The summed E-state index contributed by atoms with van der Waals surface area (Å²) in [4.78, 5) is 25.3. The predicted octanol–water partition coefficient (Wildman–Crippen LogP) is 2.37. The Morgan fingerprint density at radius 2 is 2.28 bits per heavy atom. The lowest BCUT2D eigenvalue weighted by Crippen LogP contribution is -2.34. The molecule has 6 nitrogen and oxygen atoms in total. The molecule has 0 bridgehead atoms. The number of hydrogen-bond donors (Lipinski definition) is 1. The molecule has 0 spiro atoms. The summed E-state index contributed by atoms with van der Waals surface area (Å²) < 4.78 is 11.3. The third-order valence-corrected chi connectivity index (χ3v) is 4.70. The van der Waals surface area contributed by atoms with Gasteiger partial charge in [-0.1, -0.05) is 0 Å². The van der Waals surface area contributed by atoms with Gasteiger partial charge in [-0.3, -0.25) is 9.59 Å². The fraction of sp³-hybridized carbons (Fsp3) is 0.579. The van der Waals surface area contributed by atoms with Crippen molar-refractivity contribution in [3.8, 4) is 5.75 Å². The first-order chi connectivity index (χ1) is 12.1. The molecule has 3 rings (SSSR count). The van der Waals surface area contributed by atoms with E-state index in [0.717, 1.165) is 42.9 Å². The zero-order valence-corrected chi connectivity index (χ0v) is 14.8. The average Bonchev–Trinajstić information content (AvgIpc) is 3.11. The van der Waals surface area contributed by atoms with E-state index in [1.54, 1.807) is 4.90 Å². The van der Waals surface area contributed by atoms with Crippen LogP contribution in [0, 0.1) is 0 Å². The molecule has 2 heterocycles. The second-order valence-electron chi connectivity index (χ2n) is 6.73. The van der Waals surface area contributed by atoms with E-state index in [1.165, 1.54) is 0 Å². The van der Waals surface area contributed by atoms with Crippen molar-refractivity contribution < 1.29 is 19.1 Å². The highest BCUT2D eigenvalue weighted by atomic mass is 16.5. The second kappa shape index (κ2) is 8.34. The third kappa shape index (κ3) is 4.95. The average molecular weight is 346 g/mol. The van der Waals surface area contributed by atoms with Crippen LogP contribution >= 0.6 is 0 Å². The molecule has 1 N–H and O–H groups in total. The van der Waals surface area contributed by atoms with Crippen molar-refractivity contribution in [1.82, 2.24) is 4.90 Å². The minimum absolute atomic E-state index is 0.0619. The summed E-state index contributed by atoms with van der Waals surface area (Å²) in [6, 6.07) is 5.71. The summed E-state index contributed by atoms with van der Waals surface area (Å²) >= 11 is 0. The number of carbonyl (C=O) groups excluding carboxylic acids is 2. The van der Waals surface area contributed by atoms with Crippen LogP contribution in [0.15, 0.2) is 18.2 Å². The van der Waals surface area contributed by atoms with Gasteiger partial charge in [-0.25, -0.2) is 0 Å². The molecule has 1 fully saturated rings. The van der Waals surface area contributed by atoms with Crippen molar-refractivity contribution in [2.75, 3.05) is 32.1 Å². The number of nitrogens with zero attached hydrogens (tertiary/aromatic N) is 1. The van der Waals surface area contributed by atoms with Gasteiger partial charge in [-0.15, -0.1) is 0 Å². The number of amides is 2. The number of benzene rings is 1. The largest absolute Gasteiger partial charge is 0.494 e. The molecule has 1 saturated heterocycles. The Hall–Kier alpha value is -2.08. The van der Waals surface area contributed by atoms with Crippen LogP contribution in [0.1, 0.15) is 37.7 Å². The Morgan fingerprint density at radius 1 is 1.40 bits per heavy atom. The van der Waals surface area contributed by atoms with Crippen LogP contribution in [0.3, 0.4) is 0 Å². The van der Waals surface area contributed by atoms with Gasteiger partial charge in [0.1, 0.15) is 5.75 Å². The molecule has 2 aliphatic heterocycles. The fourth-order valence-electron chi connectivity index (χ4n) is 3.25. The molecule has 0 saturated carbocycles. The minimum atomic E-state index is 0.0619. The molecule has 1 aromatic rings. The van der Waals surface area contributed by atoms with Crippen molar-refractivity contribution in [1.29, 1.82) is 0 Å². The topological polar surface area (TPSA) is 67.9 Å². The lowest BCUT2D eigenvalue weighted by atomic mass is 10.0. The van der Waals surface area contributed by atoms with Gasteiger partial charge >= 0.3 is 0 Å². The number of carbonyl (C=O) groups is 2. The maximum Gasteiger partial charge on any atom is 0.224 e. The van der Waals surface area contributed by atoms with Crippen molar-refractivity contribution in [3.05, 3.63) is 23.8 Å². The van der Waals surface area contributed by atoms with Crippen LogP contribution < -0.4 is 10.1 Å². The molecule has 2 aliphatic rings. The molecular weight excluding hydrogens is 320 g/mol. The van der Waals surface area contributed by atoms with E-state index in [2.05, 4.69) is 5.32 Å². The number of ether oxygens (including phenoxy) is 2. The fourth-order valence-corrected chi connectivity index (χ4v) is 3.25. The molecule has 0 radical (unpaired) electrons. The van der Waals surface area contributed by atoms with Crippen LogP contribution in [0.5, 0.6) is 5.75 Å². The van der Waals surface area contributed by atoms with Crippen molar-refractivity contribution >= 4 is 17.5 Å². The number of rotatable bonds is 7. The summed E-state index contributed by atoms with van der Waals surface area (Å²) in [5, 5.41) is 2.86. The summed E-state index contributed by atoms with van der Waals surface area (Å²) in [7, 11) is 1.84. The number of fused-ring (bicyclic) bond motifs is 1. The molecule has 1 unspecified atom stereocenters. The van der Waals surface area contributed by atoms with E-state index in [1.807, 2.05) is 25.2 Å². The Kier molecular flexibility index (Phi) is 5.91. The first-order valence-corrected chi connectivity index (χ1v) is 9.03. The molecule has 2 amide bonds. The monoisotopic (exact) mass is 346 g/mol. The van der Waals surface area contributed by atoms with Crippen LogP contribution in [-0.4, -0.2) is 49.6 Å². The van der Waals surface area contributed by atoms with E-state index < -0.39 is 0 Å². The number of anilines is 1. The molecule has 136 valence electrons. The molecule has 0 aliphatic carbocycles. The van der Waals surface area contributed by atoms with E-state index in [4.69, 9.17) is 9.47 Å². The molecule has 1 aromatic carbocycles. The van der Waals surface area contributed by atoms with E-state index in [-0.39, 0.29) is 17.9 Å². The van der Waals surface area contributed by atoms with E-state index >= 15 is 0 Å². The first kappa shape index (κ1) is 17.7. The number of likely N-dealkylation sites (N-methyl/N-ethyl adjacent to an activating group) is 1. The van der Waals surface area contributed by atoms with Gasteiger partial charge in [0.05, 0.1) is 12.7 Å². The highest BCUT2D eigenvalue weighted by molar-refractivity contribution is 5.94. The summed E-state index contributed by atoms with van der Waals surface area (Å²) in [5.74, 6) is 0.981.